The number of aliphatic carboxylic acids is 1. The van der Waals surface area contributed by atoms with Crippen molar-refractivity contribution in [2.24, 2.45) is 5.73 Å². The number of nitrogens with two attached hydrogens (primary N) is 1. The van der Waals surface area contributed by atoms with E-state index in [9.17, 15) is 4.79 Å². The van der Waals surface area contributed by atoms with Crippen LogP contribution in [-0.2, 0) is 4.79 Å². The third kappa shape index (κ3) is 2.04. The molecule has 0 heterocycles. The van der Waals surface area contributed by atoms with Crippen LogP contribution in [-0.4, -0.2) is 22.4 Å². The van der Waals surface area contributed by atoms with E-state index in [1.165, 1.54) is 6.08 Å². The minimum Gasteiger partial charge on any atom is -0.480 e. The van der Waals surface area contributed by atoms with Crippen molar-refractivity contribution in [2.45, 2.75) is 12.0 Å². The molecule has 58 valence electrons. The average Bonchev–Trinajstić information content (AvgIpc) is 1.88. The monoisotopic (exact) mass is 161 g/mol. The SMILES string of the molecule is C=CC[C@](N)(CS)C(=O)O. The minimum absolute atomic E-state index is 0.119. The summed E-state index contributed by atoms with van der Waals surface area (Å²) in [6, 6.07) is 0. The highest BCUT2D eigenvalue weighted by molar-refractivity contribution is 7.80. The van der Waals surface area contributed by atoms with E-state index in [4.69, 9.17) is 10.8 Å². The van der Waals surface area contributed by atoms with Crippen molar-refractivity contribution in [2.75, 3.05) is 5.75 Å². The van der Waals surface area contributed by atoms with E-state index in [0.29, 0.717) is 0 Å². The summed E-state index contributed by atoms with van der Waals surface area (Å²) in [5.41, 5.74) is 4.16. The van der Waals surface area contributed by atoms with E-state index < -0.39 is 11.5 Å². The maximum Gasteiger partial charge on any atom is 0.324 e. The van der Waals surface area contributed by atoms with Crippen molar-refractivity contribution < 1.29 is 9.90 Å². The highest BCUT2D eigenvalue weighted by atomic mass is 32.1. The fourth-order valence-corrected chi connectivity index (χ4v) is 0.741. The molecule has 0 fully saturated rings. The van der Waals surface area contributed by atoms with Crippen LogP contribution in [0.2, 0.25) is 0 Å². The van der Waals surface area contributed by atoms with Crippen LogP contribution >= 0.6 is 12.6 Å². The predicted octanol–water partition coefficient (Wildman–Crippen LogP) is 0.274. The average molecular weight is 161 g/mol. The zero-order valence-corrected chi connectivity index (χ0v) is 6.47. The zero-order chi connectivity index (χ0) is 8.20. The molecule has 0 aromatic heterocycles. The number of thiol groups is 1. The van der Waals surface area contributed by atoms with Crippen LogP contribution in [0, 0.1) is 0 Å². The Balaban J connectivity index is 4.21. The molecule has 0 aliphatic carbocycles. The molecule has 0 saturated heterocycles. The molecular weight excluding hydrogens is 150 g/mol. The standard InChI is InChI=1S/C6H11NO2S/c1-2-3-6(7,4-10)5(8)9/h2,10H,1,3-4,7H2,(H,8,9)/t6-/m0/s1. The van der Waals surface area contributed by atoms with Gasteiger partial charge < -0.3 is 10.8 Å². The van der Waals surface area contributed by atoms with Gasteiger partial charge in [-0.15, -0.1) is 6.58 Å². The largest absolute Gasteiger partial charge is 0.480 e. The van der Waals surface area contributed by atoms with Crippen LogP contribution in [0.25, 0.3) is 0 Å². The molecule has 0 spiro atoms. The Morgan fingerprint density at radius 3 is 2.50 bits per heavy atom. The molecule has 0 amide bonds. The number of carboxylic acids is 1. The molecule has 0 aliphatic heterocycles. The molecular formula is C6H11NO2S. The fraction of sp³-hybridized carbons (Fsp3) is 0.500. The lowest BCUT2D eigenvalue weighted by Gasteiger charge is -2.19. The van der Waals surface area contributed by atoms with E-state index in [0.717, 1.165) is 0 Å². The lowest BCUT2D eigenvalue weighted by molar-refractivity contribution is -0.142. The number of carboxylic acid groups (broad SMARTS) is 1. The summed E-state index contributed by atoms with van der Waals surface area (Å²) in [5.74, 6) is -0.920. The van der Waals surface area contributed by atoms with Gasteiger partial charge in [-0.3, -0.25) is 4.79 Å². The van der Waals surface area contributed by atoms with Crippen LogP contribution in [0.4, 0.5) is 0 Å². The van der Waals surface area contributed by atoms with Gasteiger partial charge in [-0.1, -0.05) is 6.08 Å². The minimum atomic E-state index is -1.25. The summed E-state index contributed by atoms with van der Waals surface area (Å²) < 4.78 is 0. The van der Waals surface area contributed by atoms with Crippen molar-refractivity contribution in [3.8, 4) is 0 Å². The lowest BCUT2D eigenvalue weighted by Crippen LogP contribution is -2.49. The van der Waals surface area contributed by atoms with Crippen LogP contribution < -0.4 is 5.73 Å². The van der Waals surface area contributed by atoms with Gasteiger partial charge in [0.1, 0.15) is 5.54 Å². The Bertz CT molecular complexity index is 149. The predicted molar refractivity (Wildman–Crippen MR) is 43.2 cm³/mol. The molecule has 0 aliphatic rings. The summed E-state index contributed by atoms with van der Waals surface area (Å²) >= 11 is 3.82. The van der Waals surface area contributed by atoms with E-state index in [2.05, 4.69) is 19.2 Å². The highest BCUT2D eigenvalue weighted by Gasteiger charge is 2.30. The number of hydrogen-bond donors (Lipinski definition) is 3. The molecule has 0 bridgehead atoms. The summed E-state index contributed by atoms with van der Waals surface area (Å²) in [6.07, 6.45) is 1.72. The maximum atomic E-state index is 10.4. The maximum absolute atomic E-state index is 10.4. The first-order chi connectivity index (χ1) is 4.56. The normalized spacial score (nSPS) is 15.8. The van der Waals surface area contributed by atoms with Crippen molar-refractivity contribution in [1.82, 2.24) is 0 Å². The second-order valence-electron chi connectivity index (χ2n) is 2.11. The number of hydrogen-bond acceptors (Lipinski definition) is 3. The molecule has 3 N–H and O–H groups in total. The van der Waals surface area contributed by atoms with Gasteiger partial charge in [0.15, 0.2) is 0 Å². The molecule has 1 atom stereocenters. The van der Waals surface area contributed by atoms with E-state index in [1.54, 1.807) is 0 Å². The van der Waals surface area contributed by atoms with Crippen LogP contribution in [0.15, 0.2) is 12.7 Å². The third-order valence-electron chi connectivity index (χ3n) is 1.22. The smallest absolute Gasteiger partial charge is 0.324 e. The molecule has 0 saturated carbocycles. The molecule has 0 radical (unpaired) electrons. The molecule has 0 aromatic carbocycles. The van der Waals surface area contributed by atoms with Crippen molar-refractivity contribution in [1.29, 1.82) is 0 Å². The topological polar surface area (TPSA) is 63.3 Å². The molecule has 3 nitrogen and oxygen atoms in total. The molecule has 0 aromatic rings. The Hall–Kier alpha value is -0.480. The van der Waals surface area contributed by atoms with E-state index in [1.807, 2.05) is 0 Å². The van der Waals surface area contributed by atoms with Gasteiger partial charge in [0.05, 0.1) is 0 Å². The Kier molecular flexibility index (Phi) is 3.46. The summed E-state index contributed by atoms with van der Waals surface area (Å²) in [7, 11) is 0. The number of carbonyl (C=O) groups is 1. The van der Waals surface area contributed by atoms with Gasteiger partial charge in [0.25, 0.3) is 0 Å². The van der Waals surface area contributed by atoms with Crippen LogP contribution in [0.5, 0.6) is 0 Å². The lowest BCUT2D eigenvalue weighted by atomic mass is 10.00. The molecule has 4 heteroatoms. The highest BCUT2D eigenvalue weighted by Crippen LogP contribution is 2.09. The quantitative estimate of drug-likeness (QED) is 0.410. The molecule has 10 heavy (non-hydrogen) atoms. The zero-order valence-electron chi connectivity index (χ0n) is 5.58. The Morgan fingerprint density at radius 2 is 2.40 bits per heavy atom. The van der Waals surface area contributed by atoms with Crippen molar-refractivity contribution in [3.05, 3.63) is 12.7 Å². The first-order valence-electron chi connectivity index (χ1n) is 2.81. The van der Waals surface area contributed by atoms with E-state index in [-0.39, 0.29) is 12.2 Å². The van der Waals surface area contributed by atoms with Gasteiger partial charge in [-0.25, -0.2) is 0 Å². The third-order valence-corrected chi connectivity index (χ3v) is 1.78. The van der Waals surface area contributed by atoms with Gasteiger partial charge in [0.2, 0.25) is 0 Å². The van der Waals surface area contributed by atoms with Gasteiger partial charge >= 0.3 is 5.97 Å². The first-order valence-corrected chi connectivity index (χ1v) is 3.44. The van der Waals surface area contributed by atoms with Crippen LogP contribution in [0.1, 0.15) is 6.42 Å². The molecule has 0 unspecified atom stereocenters. The number of rotatable bonds is 4. The summed E-state index contributed by atoms with van der Waals surface area (Å²) in [4.78, 5) is 10.4. The van der Waals surface area contributed by atoms with Gasteiger partial charge in [0, 0.05) is 5.75 Å². The Morgan fingerprint density at radius 1 is 1.90 bits per heavy atom. The molecule has 0 rings (SSSR count). The summed E-state index contributed by atoms with van der Waals surface area (Å²) in [5, 5.41) is 8.54. The van der Waals surface area contributed by atoms with Gasteiger partial charge in [-0.05, 0) is 6.42 Å². The second-order valence-corrected chi connectivity index (χ2v) is 2.43. The Labute approximate surface area is 65.3 Å². The van der Waals surface area contributed by atoms with Gasteiger partial charge in [-0.2, -0.15) is 12.6 Å². The second kappa shape index (κ2) is 3.63. The van der Waals surface area contributed by atoms with Crippen molar-refractivity contribution in [3.63, 3.8) is 0 Å². The van der Waals surface area contributed by atoms with Crippen LogP contribution in [0.3, 0.4) is 0 Å². The van der Waals surface area contributed by atoms with E-state index >= 15 is 0 Å². The van der Waals surface area contributed by atoms with Crippen molar-refractivity contribution >= 4 is 18.6 Å². The summed E-state index contributed by atoms with van der Waals surface area (Å²) in [6.45, 7) is 3.40. The first kappa shape index (κ1) is 9.52. The fourth-order valence-electron chi connectivity index (χ4n) is 0.477.